The van der Waals surface area contributed by atoms with E-state index in [0.29, 0.717) is 31.6 Å². The van der Waals surface area contributed by atoms with Gasteiger partial charge in [0, 0.05) is 41.2 Å². The molecule has 0 unspecified atom stereocenters. The van der Waals surface area contributed by atoms with Crippen molar-refractivity contribution in [1.29, 1.82) is 5.26 Å². The first-order valence-corrected chi connectivity index (χ1v) is 22.7. The highest BCUT2D eigenvalue weighted by atomic mass is 32.1. The van der Waals surface area contributed by atoms with Crippen molar-refractivity contribution in [1.82, 2.24) is 30.3 Å². The average molecular weight is 878 g/mol. The summed E-state index contributed by atoms with van der Waals surface area (Å²) in [5.41, 5.74) is 6.27. The van der Waals surface area contributed by atoms with E-state index in [1.54, 1.807) is 23.5 Å². The molecule has 1 atom stereocenters. The topological polar surface area (TPSA) is 143 Å². The van der Waals surface area contributed by atoms with Crippen LogP contribution in [-0.2, 0) is 0 Å². The fourth-order valence-corrected chi connectivity index (χ4v) is 11.2. The van der Waals surface area contributed by atoms with Gasteiger partial charge in [-0.1, -0.05) is 31.2 Å². The molecule has 2 saturated carbocycles. The second-order valence-electron chi connectivity index (χ2n) is 17.5. The van der Waals surface area contributed by atoms with Gasteiger partial charge in [0.1, 0.15) is 28.7 Å². The van der Waals surface area contributed by atoms with Crippen LogP contribution < -0.4 is 19.7 Å². The number of benzene rings is 2. The van der Waals surface area contributed by atoms with Crippen LogP contribution in [0.4, 0.5) is 19.0 Å². The lowest BCUT2D eigenvalue weighted by Gasteiger charge is -2.37. The lowest BCUT2D eigenvalue weighted by Crippen LogP contribution is -2.40. The van der Waals surface area contributed by atoms with E-state index in [0.717, 1.165) is 91.4 Å². The number of hydrogen-bond donors (Lipinski definition) is 1. The van der Waals surface area contributed by atoms with Crippen molar-refractivity contribution in [3.8, 4) is 22.6 Å². The van der Waals surface area contributed by atoms with Gasteiger partial charge in [0.25, 0.3) is 5.91 Å². The Labute approximate surface area is 368 Å². The molecule has 2 aromatic carbocycles. The molecule has 1 saturated heterocycles. The summed E-state index contributed by atoms with van der Waals surface area (Å²) in [6.45, 7) is 10.4. The van der Waals surface area contributed by atoms with Crippen LogP contribution in [-0.4, -0.2) is 68.2 Å². The van der Waals surface area contributed by atoms with Gasteiger partial charge in [-0.25, -0.2) is 0 Å². The first-order chi connectivity index (χ1) is 30.3. The van der Waals surface area contributed by atoms with Gasteiger partial charge in [-0.05, 0) is 132 Å². The molecule has 16 heteroatoms. The average Bonchev–Trinajstić information content (AvgIpc) is 3.93. The fraction of sp³-hybridized carbons (Fsp3) is 0.468. The number of ether oxygens (including phenoxy) is 2. The minimum Gasteiger partial charge on any atom is -0.490 e. The highest BCUT2D eigenvalue weighted by Gasteiger charge is 2.42. The van der Waals surface area contributed by atoms with Gasteiger partial charge in [-0.2, -0.15) is 5.26 Å². The van der Waals surface area contributed by atoms with Gasteiger partial charge in [0.15, 0.2) is 23.1 Å². The Bertz CT molecular complexity index is 2560. The van der Waals surface area contributed by atoms with Gasteiger partial charge in [-0.15, -0.1) is 44.9 Å². The molecule has 3 fully saturated rings. The number of rotatable bonds is 9. The van der Waals surface area contributed by atoms with E-state index >= 15 is 0 Å². The number of nitriles is 1. The van der Waals surface area contributed by atoms with Crippen LogP contribution in [0.25, 0.3) is 5.00 Å². The highest BCUT2D eigenvalue weighted by Crippen LogP contribution is 2.49. The zero-order valence-corrected chi connectivity index (χ0v) is 36.7. The van der Waals surface area contributed by atoms with E-state index in [1.165, 1.54) is 33.7 Å². The highest BCUT2D eigenvalue weighted by molar-refractivity contribution is 7.15. The number of carbonyl (C=O) groups is 1. The molecule has 1 amide bonds. The van der Waals surface area contributed by atoms with E-state index in [4.69, 9.17) is 15.0 Å². The van der Waals surface area contributed by atoms with Crippen LogP contribution in [0.3, 0.4) is 0 Å². The molecule has 2 aliphatic carbocycles. The lowest BCUT2D eigenvalue weighted by atomic mass is 9.68. The molecule has 0 radical (unpaired) electrons. The van der Waals surface area contributed by atoms with Crippen molar-refractivity contribution in [2.75, 3.05) is 18.0 Å². The molecule has 2 aliphatic heterocycles. The quantitative estimate of drug-likeness (QED) is 0.153. The molecule has 328 valence electrons. The van der Waals surface area contributed by atoms with Crippen molar-refractivity contribution in [2.45, 2.75) is 122 Å². The number of aromatic nitrogens is 5. The monoisotopic (exact) mass is 877 g/mol. The number of aliphatic imine (C=N–C) groups is 1. The number of alkyl halides is 3. The maximum absolute atomic E-state index is 13.2. The lowest BCUT2D eigenvalue weighted by molar-refractivity contribution is -0.274. The Morgan fingerprint density at radius 2 is 1.71 bits per heavy atom. The number of fused-ring (bicyclic) bond motifs is 3. The summed E-state index contributed by atoms with van der Waals surface area (Å²) in [4.78, 5) is 22.1. The molecule has 0 bridgehead atoms. The molecule has 5 heterocycles. The first kappa shape index (κ1) is 42.5. The normalized spacial score (nSPS) is 23.3. The van der Waals surface area contributed by atoms with E-state index in [2.05, 4.69) is 85.0 Å². The fourth-order valence-electron chi connectivity index (χ4n) is 9.95. The molecule has 4 aliphatic rings. The standard InChI is InChI=1S/C47H50F3N9O3S/c1-5-37-43-57-54-29(4)59(43)45-41(27(2)28(3)63-45)42(53-37)32-8-6-30(7-9-32)31-18-20-46(21-19-31)22-23-58(26-46)40-17-16-38(55-56-40)44(60)52-34-11-14-35(15-12-34)61-36-13-10-33(25-51)39(24-36)62-47(48,49)50/h6-10,13,16-17,24,31,34-35,37H,5,11-12,14-15,18-23,26H2,1-4H3,(H,52,60)/t31?,34?,35?,37-,46?/m0/s1. The van der Waals surface area contributed by atoms with Crippen molar-refractivity contribution in [3.63, 3.8) is 0 Å². The Kier molecular flexibility index (Phi) is 11.5. The van der Waals surface area contributed by atoms with Crippen LogP contribution >= 0.6 is 11.3 Å². The summed E-state index contributed by atoms with van der Waals surface area (Å²) in [6.07, 6.45) is 3.79. The van der Waals surface area contributed by atoms with Crippen molar-refractivity contribution in [3.05, 3.63) is 105 Å². The number of aryl methyl sites for hydroxylation is 2. The molecule has 63 heavy (non-hydrogen) atoms. The van der Waals surface area contributed by atoms with Crippen LogP contribution in [0.5, 0.6) is 11.5 Å². The van der Waals surface area contributed by atoms with Gasteiger partial charge in [0.05, 0.1) is 17.4 Å². The Balaban J connectivity index is 0.765. The Morgan fingerprint density at radius 3 is 2.40 bits per heavy atom. The van der Waals surface area contributed by atoms with Crippen LogP contribution in [0.1, 0.15) is 138 Å². The predicted octanol–water partition coefficient (Wildman–Crippen LogP) is 9.79. The molecule has 1 N–H and O–H groups in total. The molecule has 9 rings (SSSR count). The molecule has 3 aromatic heterocycles. The summed E-state index contributed by atoms with van der Waals surface area (Å²) in [7, 11) is 0. The summed E-state index contributed by atoms with van der Waals surface area (Å²) in [6, 6.07) is 18.1. The SMILES string of the molecule is CC[C@@H]1N=C(c2ccc(C3CCC4(CC3)CCN(c3ccc(C(=O)NC5CCC(Oc6ccc(C#N)c(OC(F)(F)F)c6)CC5)nn3)C4)cc2)c2c(sc(C)c2C)-n2c(C)nnc21. The third-order valence-corrected chi connectivity index (χ3v) is 14.8. The third-order valence-electron chi connectivity index (χ3n) is 13.6. The third kappa shape index (κ3) is 8.64. The number of anilines is 1. The summed E-state index contributed by atoms with van der Waals surface area (Å²) < 4.78 is 50.6. The van der Waals surface area contributed by atoms with Crippen LogP contribution in [0.15, 0.2) is 59.6 Å². The van der Waals surface area contributed by atoms with Gasteiger partial charge < -0.3 is 19.7 Å². The Hall–Kier alpha value is -5.82. The predicted molar refractivity (Wildman–Crippen MR) is 233 cm³/mol. The molecular weight excluding hydrogens is 828 g/mol. The second-order valence-corrected chi connectivity index (χ2v) is 18.7. The number of halogens is 3. The number of amides is 1. The maximum atomic E-state index is 13.2. The second kappa shape index (κ2) is 17.0. The van der Waals surface area contributed by atoms with E-state index in [9.17, 15) is 18.0 Å². The number of nitrogens with one attached hydrogen (secondary N) is 1. The summed E-state index contributed by atoms with van der Waals surface area (Å²) in [5, 5.41) is 31.2. The Morgan fingerprint density at radius 1 is 0.952 bits per heavy atom. The van der Waals surface area contributed by atoms with Crippen molar-refractivity contribution >= 4 is 28.8 Å². The number of carbonyl (C=O) groups excluding carboxylic acids is 1. The number of thiophene rings is 1. The van der Waals surface area contributed by atoms with E-state index < -0.39 is 12.1 Å². The summed E-state index contributed by atoms with van der Waals surface area (Å²) >= 11 is 1.79. The number of hydrogen-bond acceptors (Lipinski definition) is 11. The van der Waals surface area contributed by atoms with Crippen LogP contribution in [0, 0.1) is 37.5 Å². The van der Waals surface area contributed by atoms with Gasteiger partial charge in [-0.3, -0.25) is 14.4 Å². The van der Waals surface area contributed by atoms with Crippen molar-refractivity contribution in [2.24, 2.45) is 10.4 Å². The van der Waals surface area contributed by atoms with E-state index in [-0.39, 0.29) is 46.5 Å². The molecule has 1 spiro atoms. The summed E-state index contributed by atoms with van der Waals surface area (Å²) in [5.74, 6) is 2.39. The van der Waals surface area contributed by atoms with Crippen LogP contribution in [0.2, 0.25) is 0 Å². The van der Waals surface area contributed by atoms with Gasteiger partial charge >= 0.3 is 6.36 Å². The van der Waals surface area contributed by atoms with E-state index in [1.807, 2.05) is 13.0 Å². The smallest absolute Gasteiger partial charge is 0.490 e. The minimum atomic E-state index is -4.93. The zero-order valence-electron chi connectivity index (χ0n) is 35.8. The first-order valence-electron chi connectivity index (χ1n) is 21.9. The minimum absolute atomic E-state index is 0.0620. The van der Waals surface area contributed by atoms with Gasteiger partial charge in [0.2, 0.25) is 0 Å². The molecular formula is C47H50F3N9O3S. The number of nitrogens with zero attached hydrogens (tertiary/aromatic N) is 8. The largest absolute Gasteiger partial charge is 0.573 e. The molecule has 12 nitrogen and oxygen atoms in total. The zero-order chi connectivity index (χ0) is 44.0. The maximum Gasteiger partial charge on any atom is 0.573 e. The van der Waals surface area contributed by atoms with Crippen molar-refractivity contribution < 1.29 is 27.4 Å². The molecule has 5 aromatic rings.